The topological polar surface area (TPSA) is 103 Å². The molecule has 0 aliphatic carbocycles. The molecule has 0 atom stereocenters. The summed E-state index contributed by atoms with van der Waals surface area (Å²) in [6.45, 7) is 7.50. The van der Waals surface area contributed by atoms with Crippen molar-refractivity contribution < 1.29 is 9.53 Å². The maximum absolute atomic E-state index is 11.2. The van der Waals surface area contributed by atoms with Crippen molar-refractivity contribution in [3.8, 4) is 0 Å². The zero-order chi connectivity index (χ0) is 17.2. The molecule has 5 N–H and O–H groups in total. The summed E-state index contributed by atoms with van der Waals surface area (Å²) in [6, 6.07) is 8.22. The third-order valence-electron chi connectivity index (χ3n) is 2.32. The van der Waals surface area contributed by atoms with E-state index in [2.05, 4.69) is 45.5 Å². The zero-order valence-electron chi connectivity index (χ0n) is 13.5. The van der Waals surface area contributed by atoms with E-state index in [4.69, 9.17) is 16.4 Å². The second-order valence-corrected chi connectivity index (χ2v) is 6.52. The van der Waals surface area contributed by atoms with Crippen LogP contribution in [-0.2, 0) is 9.53 Å². The van der Waals surface area contributed by atoms with Gasteiger partial charge in [-0.15, -0.1) is 0 Å². The fraction of sp³-hybridized carbons (Fsp3) is 0.467. The smallest absolute Gasteiger partial charge is 0.306 e. The second-order valence-electron chi connectivity index (χ2n) is 5.60. The molecule has 124 valence electrons. The lowest BCUT2D eigenvalue weighted by Gasteiger charge is -2.19. The van der Waals surface area contributed by atoms with E-state index >= 15 is 0 Å². The van der Waals surface area contributed by atoms with Crippen molar-refractivity contribution in [1.29, 1.82) is 0 Å². The minimum Gasteiger partial charge on any atom is -0.460 e. The summed E-state index contributed by atoms with van der Waals surface area (Å²) in [7, 11) is 0. The number of aryl methyl sites for hydroxylation is 1. The number of hydrazine groups is 1. The molecule has 0 aromatic heterocycles. The van der Waals surface area contributed by atoms with Crippen LogP contribution in [0, 0.1) is 6.92 Å². The van der Waals surface area contributed by atoms with Gasteiger partial charge in [0.15, 0.2) is 0 Å². The summed E-state index contributed by atoms with van der Waals surface area (Å²) >= 11 is 3.35. The third kappa shape index (κ3) is 11.1. The van der Waals surface area contributed by atoms with Gasteiger partial charge in [0.2, 0.25) is 0 Å². The Morgan fingerprint density at radius 2 is 1.82 bits per heavy atom. The number of carbonyl (C=O) groups excluding carboxylic acids is 1. The van der Waals surface area contributed by atoms with Crippen LogP contribution in [0.2, 0.25) is 0 Å². The summed E-state index contributed by atoms with van der Waals surface area (Å²) in [6.07, 6.45) is 0.555. The van der Waals surface area contributed by atoms with Crippen LogP contribution in [-0.4, -0.2) is 17.4 Å². The molecule has 0 heterocycles. The number of ether oxygens (including phenoxy) is 1. The van der Waals surface area contributed by atoms with Crippen molar-refractivity contribution in [3.63, 3.8) is 0 Å². The normalized spacial score (nSPS) is 11.3. The molecule has 0 saturated carbocycles. The third-order valence-corrected chi connectivity index (χ3v) is 2.85. The van der Waals surface area contributed by atoms with E-state index in [1.54, 1.807) is 0 Å². The van der Waals surface area contributed by atoms with E-state index in [0.717, 1.165) is 4.47 Å². The molecule has 0 saturated heterocycles. The standard InChI is InChI=1S/C8H18N4O2.C7H7Br/c1-8(2,3)14-7(13)5-4-6(11-9)12-10;1-6-2-4-7(8)5-3-6/h4-5,9-10H2,1-3H3,(H,11,12);2-5H,1H3. The lowest BCUT2D eigenvalue weighted by molar-refractivity contribution is -0.154. The number of hydrogen-bond donors (Lipinski definition) is 3. The Bertz CT molecular complexity index is 460. The summed E-state index contributed by atoms with van der Waals surface area (Å²) in [5, 5.41) is 3.35. The van der Waals surface area contributed by atoms with E-state index in [1.807, 2.05) is 32.9 Å². The molecule has 1 rings (SSSR count). The summed E-state index contributed by atoms with van der Waals surface area (Å²) in [5.41, 5.74) is 3.12. The number of nitrogens with two attached hydrogens (primary N) is 2. The van der Waals surface area contributed by atoms with Crippen LogP contribution in [0.4, 0.5) is 0 Å². The van der Waals surface area contributed by atoms with Gasteiger partial charge >= 0.3 is 5.97 Å². The predicted octanol–water partition coefficient (Wildman–Crippen LogP) is 2.60. The van der Waals surface area contributed by atoms with Gasteiger partial charge in [-0.1, -0.05) is 33.6 Å². The minimum atomic E-state index is -0.465. The van der Waals surface area contributed by atoms with Gasteiger partial charge in [0.05, 0.1) is 6.42 Å². The number of carbonyl (C=O) groups is 1. The van der Waals surface area contributed by atoms with Crippen LogP contribution >= 0.6 is 15.9 Å². The highest BCUT2D eigenvalue weighted by molar-refractivity contribution is 9.10. The fourth-order valence-corrected chi connectivity index (χ4v) is 1.58. The number of amidine groups is 1. The summed E-state index contributed by atoms with van der Waals surface area (Å²) in [4.78, 5) is 11.2. The van der Waals surface area contributed by atoms with Gasteiger partial charge in [0.25, 0.3) is 0 Å². The highest BCUT2D eigenvalue weighted by Gasteiger charge is 2.16. The first-order valence-corrected chi connectivity index (χ1v) is 7.64. The van der Waals surface area contributed by atoms with E-state index in [9.17, 15) is 4.79 Å². The Kier molecular flexibility index (Phi) is 9.44. The summed E-state index contributed by atoms with van der Waals surface area (Å²) < 4.78 is 6.22. The lowest BCUT2D eigenvalue weighted by atomic mass is 10.2. The maximum Gasteiger partial charge on any atom is 0.306 e. The van der Waals surface area contributed by atoms with E-state index in [0.29, 0.717) is 12.3 Å². The second kappa shape index (κ2) is 10.2. The number of rotatable bonds is 3. The number of benzene rings is 1. The Hall–Kier alpha value is -1.60. The number of esters is 1. The molecule has 7 heteroatoms. The number of hydrazone groups is 1. The summed E-state index contributed by atoms with van der Waals surface area (Å²) in [5.74, 6) is 10.1. The Morgan fingerprint density at radius 3 is 2.18 bits per heavy atom. The molecular weight excluding hydrogens is 348 g/mol. The van der Waals surface area contributed by atoms with Gasteiger partial charge < -0.3 is 16.0 Å². The average Bonchev–Trinajstić information content (AvgIpc) is 2.42. The zero-order valence-corrected chi connectivity index (χ0v) is 15.1. The van der Waals surface area contributed by atoms with Crippen LogP contribution in [0.15, 0.2) is 33.8 Å². The van der Waals surface area contributed by atoms with Gasteiger partial charge in [0, 0.05) is 10.9 Å². The Morgan fingerprint density at radius 1 is 1.27 bits per heavy atom. The predicted molar refractivity (Wildman–Crippen MR) is 92.9 cm³/mol. The molecule has 0 fully saturated rings. The van der Waals surface area contributed by atoms with E-state index in [1.165, 1.54) is 5.56 Å². The lowest BCUT2D eigenvalue weighted by Crippen LogP contribution is -2.32. The molecular formula is C15H25BrN4O2. The minimum absolute atomic E-state index is 0.206. The molecule has 1 aromatic rings. The van der Waals surface area contributed by atoms with Crippen molar-refractivity contribution in [2.75, 3.05) is 0 Å². The van der Waals surface area contributed by atoms with Gasteiger partial charge in [-0.25, -0.2) is 5.84 Å². The van der Waals surface area contributed by atoms with Crippen molar-refractivity contribution in [2.45, 2.75) is 46.1 Å². The first kappa shape index (κ1) is 20.4. The number of hydrogen-bond acceptors (Lipinski definition) is 5. The SMILES string of the molecule is CC(C)(C)OC(=O)CC/C(=N/N)NN.Cc1ccc(Br)cc1. The van der Waals surface area contributed by atoms with Crippen molar-refractivity contribution in [1.82, 2.24) is 5.43 Å². The fourth-order valence-electron chi connectivity index (χ4n) is 1.32. The largest absolute Gasteiger partial charge is 0.460 e. The molecule has 22 heavy (non-hydrogen) atoms. The van der Waals surface area contributed by atoms with E-state index < -0.39 is 5.60 Å². The van der Waals surface area contributed by atoms with Crippen molar-refractivity contribution in [3.05, 3.63) is 34.3 Å². The highest BCUT2D eigenvalue weighted by atomic mass is 79.9. The monoisotopic (exact) mass is 372 g/mol. The van der Waals surface area contributed by atoms with E-state index in [-0.39, 0.29) is 12.4 Å². The van der Waals surface area contributed by atoms with Crippen LogP contribution in [0.3, 0.4) is 0 Å². The number of halogens is 1. The van der Waals surface area contributed by atoms with Gasteiger partial charge in [0.1, 0.15) is 11.4 Å². The molecule has 1 aromatic carbocycles. The van der Waals surface area contributed by atoms with Crippen molar-refractivity contribution in [2.24, 2.45) is 16.8 Å². The number of nitrogens with zero attached hydrogens (tertiary/aromatic N) is 1. The quantitative estimate of drug-likeness (QED) is 0.248. The molecule has 0 bridgehead atoms. The van der Waals surface area contributed by atoms with Gasteiger partial charge in [-0.05, 0) is 39.8 Å². The molecule has 6 nitrogen and oxygen atoms in total. The maximum atomic E-state index is 11.2. The molecule has 0 radical (unpaired) electrons. The Labute approximate surface area is 140 Å². The molecule has 0 amide bonds. The van der Waals surface area contributed by atoms with Gasteiger partial charge in [-0.2, -0.15) is 5.10 Å². The molecule has 0 unspecified atom stereocenters. The molecule has 0 spiro atoms. The van der Waals surface area contributed by atoms with Gasteiger partial charge in [-0.3, -0.25) is 4.79 Å². The van der Waals surface area contributed by atoms with Crippen LogP contribution in [0.1, 0.15) is 39.2 Å². The Balaban J connectivity index is 0.000000461. The first-order chi connectivity index (χ1) is 10.2. The van der Waals surface area contributed by atoms with Crippen LogP contribution in [0.25, 0.3) is 0 Å². The van der Waals surface area contributed by atoms with Crippen LogP contribution in [0.5, 0.6) is 0 Å². The molecule has 0 aliphatic rings. The average molecular weight is 373 g/mol. The first-order valence-electron chi connectivity index (χ1n) is 6.85. The van der Waals surface area contributed by atoms with Crippen molar-refractivity contribution >= 4 is 27.7 Å². The number of nitrogens with one attached hydrogen (secondary N) is 1. The molecule has 0 aliphatic heterocycles. The van der Waals surface area contributed by atoms with Crippen LogP contribution < -0.4 is 17.1 Å². The highest BCUT2D eigenvalue weighted by Crippen LogP contribution is 2.09.